The molecule has 2 fully saturated rings. The quantitative estimate of drug-likeness (QED) is 0.438. The van der Waals surface area contributed by atoms with Crippen LogP contribution in [0.2, 0.25) is 0 Å². The van der Waals surface area contributed by atoms with Crippen molar-refractivity contribution in [2.45, 2.75) is 6.92 Å². The molecule has 172 valence electrons. The van der Waals surface area contributed by atoms with Gasteiger partial charge in [-0.25, -0.2) is 0 Å². The molecule has 0 bridgehead atoms. The van der Waals surface area contributed by atoms with Crippen molar-refractivity contribution in [1.29, 1.82) is 0 Å². The van der Waals surface area contributed by atoms with Gasteiger partial charge < -0.3 is 19.1 Å². The Hall–Kier alpha value is -2.88. The monoisotopic (exact) mass is 484 g/mol. The zero-order chi connectivity index (χ0) is 23.2. The van der Waals surface area contributed by atoms with E-state index in [0.29, 0.717) is 53.6 Å². The van der Waals surface area contributed by atoms with Crippen molar-refractivity contribution in [3.05, 3.63) is 59.0 Å². The number of nitrogens with zero attached hydrogens (tertiary/aromatic N) is 2. The second kappa shape index (κ2) is 10.8. The summed E-state index contributed by atoms with van der Waals surface area (Å²) in [6.45, 7) is 4.80. The van der Waals surface area contributed by atoms with Crippen molar-refractivity contribution >= 4 is 51.9 Å². The van der Waals surface area contributed by atoms with Gasteiger partial charge in [-0.1, -0.05) is 36.1 Å². The lowest BCUT2D eigenvalue weighted by molar-refractivity contribution is -0.137. The summed E-state index contributed by atoms with van der Waals surface area (Å²) in [6.07, 6.45) is 1.80. The number of thioether (sulfide) groups is 1. The van der Waals surface area contributed by atoms with Crippen LogP contribution in [0, 0.1) is 0 Å². The number of morpholine rings is 1. The third kappa shape index (κ3) is 5.73. The fourth-order valence-corrected chi connectivity index (χ4v) is 4.71. The molecule has 2 aliphatic heterocycles. The van der Waals surface area contributed by atoms with Crippen molar-refractivity contribution in [3.8, 4) is 11.5 Å². The highest BCUT2D eigenvalue weighted by molar-refractivity contribution is 8.27. The maximum absolute atomic E-state index is 13.0. The number of carbonyl (C=O) groups excluding carboxylic acids is 2. The Morgan fingerprint density at radius 1 is 1.06 bits per heavy atom. The maximum atomic E-state index is 13.0. The molecule has 0 unspecified atom stereocenters. The van der Waals surface area contributed by atoms with E-state index in [2.05, 4.69) is 0 Å². The molecule has 2 amide bonds. The number of thiocarbonyl (C=S) groups is 1. The van der Waals surface area contributed by atoms with Gasteiger partial charge in [-0.2, -0.15) is 0 Å². The van der Waals surface area contributed by atoms with Gasteiger partial charge in [0.2, 0.25) is 0 Å². The van der Waals surface area contributed by atoms with E-state index < -0.39 is 0 Å². The van der Waals surface area contributed by atoms with Gasteiger partial charge in [0, 0.05) is 13.1 Å². The molecule has 2 heterocycles. The van der Waals surface area contributed by atoms with E-state index in [-0.39, 0.29) is 18.4 Å². The highest BCUT2D eigenvalue weighted by Crippen LogP contribution is 2.36. The summed E-state index contributed by atoms with van der Waals surface area (Å²) in [5.74, 6) is 1.12. The first kappa shape index (κ1) is 23.3. The fourth-order valence-electron chi connectivity index (χ4n) is 3.41. The Labute approximate surface area is 202 Å². The molecule has 2 aromatic rings. The van der Waals surface area contributed by atoms with Gasteiger partial charge in [-0.05, 0) is 55.0 Å². The van der Waals surface area contributed by atoms with E-state index in [1.54, 1.807) is 23.1 Å². The summed E-state index contributed by atoms with van der Waals surface area (Å²) in [5, 5.41) is 0. The van der Waals surface area contributed by atoms with Gasteiger partial charge in [0.05, 0.1) is 30.4 Å². The molecule has 0 aliphatic carbocycles. The van der Waals surface area contributed by atoms with Crippen LogP contribution >= 0.6 is 24.0 Å². The topological polar surface area (TPSA) is 68.3 Å². The minimum Gasteiger partial charge on any atom is -0.494 e. The summed E-state index contributed by atoms with van der Waals surface area (Å²) < 4.78 is 16.8. The van der Waals surface area contributed by atoms with E-state index in [9.17, 15) is 9.59 Å². The van der Waals surface area contributed by atoms with Crippen molar-refractivity contribution in [2.75, 3.05) is 44.4 Å². The summed E-state index contributed by atoms with van der Waals surface area (Å²) in [6, 6.07) is 14.5. The number of amides is 2. The predicted octanol–water partition coefficient (Wildman–Crippen LogP) is 3.73. The highest BCUT2D eigenvalue weighted by atomic mass is 32.2. The van der Waals surface area contributed by atoms with Gasteiger partial charge >= 0.3 is 0 Å². The first-order valence-electron chi connectivity index (χ1n) is 10.6. The van der Waals surface area contributed by atoms with Crippen molar-refractivity contribution in [2.24, 2.45) is 0 Å². The van der Waals surface area contributed by atoms with Crippen LogP contribution in [0.1, 0.15) is 12.5 Å². The van der Waals surface area contributed by atoms with Crippen LogP contribution in [0.25, 0.3) is 6.08 Å². The molecule has 0 saturated carbocycles. The second-order valence-corrected chi connectivity index (χ2v) is 8.97. The Morgan fingerprint density at radius 2 is 1.70 bits per heavy atom. The number of benzene rings is 2. The summed E-state index contributed by atoms with van der Waals surface area (Å²) in [5.41, 5.74) is 1.55. The van der Waals surface area contributed by atoms with Gasteiger partial charge in [0.1, 0.15) is 11.5 Å². The molecule has 7 nitrogen and oxygen atoms in total. The van der Waals surface area contributed by atoms with Crippen molar-refractivity contribution < 1.29 is 23.8 Å². The zero-order valence-electron chi connectivity index (χ0n) is 18.2. The Bertz CT molecular complexity index is 1050. The van der Waals surface area contributed by atoms with Crippen LogP contribution in [0.5, 0.6) is 11.5 Å². The van der Waals surface area contributed by atoms with Crippen LogP contribution in [0.15, 0.2) is 53.4 Å². The van der Waals surface area contributed by atoms with Gasteiger partial charge in [0.25, 0.3) is 11.8 Å². The summed E-state index contributed by atoms with van der Waals surface area (Å²) in [7, 11) is 0. The van der Waals surface area contributed by atoms with Crippen molar-refractivity contribution in [3.63, 3.8) is 0 Å². The number of carbonyl (C=O) groups is 2. The number of rotatable bonds is 7. The van der Waals surface area contributed by atoms with Crippen LogP contribution in [0.4, 0.5) is 5.69 Å². The Morgan fingerprint density at radius 3 is 2.36 bits per heavy atom. The molecule has 0 N–H and O–H groups in total. The molecule has 4 rings (SSSR count). The van der Waals surface area contributed by atoms with E-state index in [1.807, 2.05) is 43.3 Å². The molecule has 0 spiro atoms. The van der Waals surface area contributed by atoms with Crippen LogP contribution in [0.3, 0.4) is 0 Å². The largest absolute Gasteiger partial charge is 0.494 e. The molecular formula is C24H24N2O5S2. The summed E-state index contributed by atoms with van der Waals surface area (Å²) >= 11 is 6.71. The molecule has 0 atom stereocenters. The average molecular weight is 485 g/mol. The minimum absolute atomic E-state index is 0.0138. The Kier molecular flexibility index (Phi) is 7.64. The molecular weight excluding hydrogens is 460 g/mol. The third-order valence-corrected chi connectivity index (χ3v) is 6.41. The zero-order valence-corrected chi connectivity index (χ0v) is 19.8. The number of anilines is 1. The first-order valence-corrected chi connectivity index (χ1v) is 11.9. The van der Waals surface area contributed by atoms with Gasteiger partial charge in [0.15, 0.2) is 10.9 Å². The molecule has 2 saturated heterocycles. The number of hydrogen-bond acceptors (Lipinski definition) is 7. The van der Waals surface area contributed by atoms with E-state index in [1.165, 1.54) is 16.7 Å². The molecule has 2 aliphatic rings. The molecule has 0 aromatic heterocycles. The van der Waals surface area contributed by atoms with E-state index in [0.717, 1.165) is 11.3 Å². The lowest BCUT2D eigenvalue weighted by atomic mass is 10.2. The normalized spacial score (nSPS) is 17.5. The smallest absolute Gasteiger partial charge is 0.270 e. The van der Waals surface area contributed by atoms with E-state index >= 15 is 0 Å². The molecule has 33 heavy (non-hydrogen) atoms. The molecule has 9 heteroatoms. The van der Waals surface area contributed by atoms with E-state index in [4.69, 9.17) is 26.4 Å². The van der Waals surface area contributed by atoms with Crippen LogP contribution in [-0.2, 0) is 14.3 Å². The Balaban J connectivity index is 1.37. The number of ether oxygens (including phenoxy) is 3. The summed E-state index contributed by atoms with van der Waals surface area (Å²) in [4.78, 5) is 29.0. The second-order valence-electron chi connectivity index (χ2n) is 7.29. The molecule has 0 radical (unpaired) electrons. The lowest BCUT2D eigenvalue weighted by Gasteiger charge is -2.26. The SMILES string of the molecule is CCOc1ccc(N2C(=O)C(=Cc3ccc(OCC(=O)N4CCOCC4)cc3)SC2=S)cc1. The van der Waals surface area contributed by atoms with Crippen molar-refractivity contribution in [1.82, 2.24) is 4.90 Å². The number of hydrogen-bond donors (Lipinski definition) is 0. The predicted molar refractivity (Wildman–Crippen MR) is 133 cm³/mol. The van der Waals surface area contributed by atoms with Gasteiger partial charge in [-0.3, -0.25) is 14.5 Å². The van der Waals surface area contributed by atoms with Crippen LogP contribution in [-0.4, -0.2) is 60.6 Å². The molecule has 2 aromatic carbocycles. The van der Waals surface area contributed by atoms with Gasteiger partial charge in [-0.15, -0.1) is 0 Å². The average Bonchev–Trinajstić information content (AvgIpc) is 3.12. The third-order valence-electron chi connectivity index (χ3n) is 5.10. The fraction of sp³-hybridized carbons (Fsp3) is 0.292. The minimum atomic E-state index is -0.161. The standard InChI is InChI=1S/C24H24N2O5S2/c1-2-30-19-9-5-18(6-10-19)26-23(28)21(33-24(26)32)15-17-3-7-20(8-4-17)31-16-22(27)25-11-13-29-14-12-25/h3-10,15H,2,11-14,16H2,1H3. The highest BCUT2D eigenvalue weighted by Gasteiger charge is 2.33. The maximum Gasteiger partial charge on any atom is 0.270 e. The van der Waals surface area contributed by atoms with Crippen LogP contribution < -0.4 is 14.4 Å². The first-order chi connectivity index (χ1) is 16.0. The lowest BCUT2D eigenvalue weighted by Crippen LogP contribution is -2.42.